The van der Waals surface area contributed by atoms with E-state index in [1.807, 2.05) is 0 Å². The van der Waals surface area contributed by atoms with Crippen LogP contribution in [-0.4, -0.2) is 35.9 Å². The van der Waals surface area contributed by atoms with Crippen molar-refractivity contribution in [2.45, 2.75) is 0 Å². The predicted molar refractivity (Wildman–Crippen MR) is 70.1 cm³/mol. The largest absolute Gasteiger partial charge is 0.373 e. The molecular formula is C13H17N3O. The molecule has 1 aromatic rings. The van der Waals surface area contributed by atoms with Crippen LogP contribution in [0.3, 0.4) is 0 Å². The Morgan fingerprint density at radius 3 is 2.47 bits per heavy atom. The molecule has 0 saturated heterocycles. The molecule has 0 saturated carbocycles. The van der Waals surface area contributed by atoms with E-state index >= 15 is 0 Å². The molecule has 0 spiro atoms. The van der Waals surface area contributed by atoms with Gasteiger partial charge in [0.2, 0.25) is 0 Å². The van der Waals surface area contributed by atoms with E-state index in [2.05, 4.69) is 23.5 Å². The van der Waals surface area contributed by atoms with Gasteiger partial charge in [-0.15, -0.1) is 13.2 Å². The van der Waals surface area contributed by atoms with Gasteiger partial charge in [-0.2, -0.15) is 0 Å². The molecule has 0 aromatic carbocycles. The molecule has 0 unspecified atom stereocenters. The fourth-order valence-corrected chi connectivity index (χ4v) is 1.40. The molecular weight excluding hydrogens is 214 g/mol. The zero-order valence-corrected chi connectivity index (χ0v) is 10.0. The Morgan fingerprint density at radius 2 is 2.06 bits per heavy atom. The van der Waals surface area contributed by atoms with Crippen LogP contribution in [0.1, 0.15) is 10.4 Å². The summed E-state index contributed by atoms with van der Waals surface area (Å²) in [4.78, 5) is 17.9. The molecule has 0 bridgehead atoms. The van der Waals surface area contributed by atoms with Gasteiger partial charge in [0.15, 0.2) is 0 Å². The number of pyridine rings is 1. The van der Waals surface area contributed by atoms with Crippen LogP contribution >= 0.6 is 0 Å². The summed E-state index contributed by atoms with van der Waals surface area (Å²) in [5, 5.41) is 2.90. The molecule has 0 aliphatic rings. The maximum atomic E-state index is 12.1. The third-order valence-corrected chi connectivity index (χ3v) is 2.25. The van der Waals surface area contributed by atoms with E-state index in [1.54, 1.807) is 42.4 Å². The lowest BCUT2D eigenvalue weighted by atomic mass is 10.2. The van der Waals surface area contributed by atoms with Crippen molar-refractivity contribution < 1.29 is 4.79 Å². The normalized spacial score (nSPS) is 9.47. The van der Waals surface area contributed by atoms with Crippen LogP contribution in [0.5, 0.6) is 0 Å². The van der Waals surface area contributed by atoms with Crippen LogP contribution in [0.15, 0.2) is 43.6 Å². The first kappa shape index (κ1) is 13.0. The van der Waals surface area contributed by atoms with Crippen molar-refractivity contribution in [3.05, 3.63) is 49.2 Å². The van der Waals surface area contributed by atoms with E-state index in [4.69, 9.17) is 0 Å². The lowest BCUT2D eigenvalue weighted by Crippen LogP contribution is -2.31. The molecule has 1 rings (SSSR count). The number of nitrogens with one attached hydrogen (secondary N) is 1. The Hall–Kier alpha value is -2.10. The average Bonchev–Trinajstić information content (AvgIpc) is 2.38. The van der Waals surface area contributed by atoms with Gasteiger partial charge < -0.3 is 10.2 Å². The molecule has 1 N–H and O–H groups in total. The Balaban J connectivity index is 2.84. The molecule has 0 aliphatic heterocycles. The summed E-state index contributed by atoms with van der Waals surface area (Å²) in [7, 11) is 1.78. The first-order valence-electron chi connectivity index (χ1n) is 5.37. The monoisotopic (exact) mass is 231 g/mol. The summed E-state index contributed by atoms with van der Waals surface area (Å²) in [5.41, 5.74) is 0.563. The van der Waals surface area contributed by atoms with Gasteiger partial charge in [0.25, 0.3) is 5.91 Å². The van der Waals surface area contributed by atoms with Crippen LogP contribution in [-0.2, 0) is 0 Å². The van der Waals surface area contributed by atoms with Crippen molar-refractivity contribution in [3.63, 3.8) is 0 Å². The summed E-state index contributed by atoms with van der Waals surface area (Å²) >= 11 is 0. The Labute approximate surface area is 102 Å². The van der Waals surface area contributed by atoms with Crippen molar-refractivity contribution >= 4 is 11.7 Å². The first-order valence-corrected chi connectivity index (χ1v) is 5.37. The molecule has 90 valence electrons. The van der Waals surface area contributed by atoms with Gasteiger partial charge in [-0.1, -0.05) is 12.2 Å². The molecule has 0 radical (unpaired) electrons. The molecule has 4 heteroatoms. The van der Waals surface area contributed by atoms with Crippen molar-refractivity contribution in [1.82, 2.24) is 9.88 Å². The van der Waals surface area contributed by atoms with Gasteiger partial charge in [0, 0.05) is 26.3 Å². The Morgan fingerprint density at radius 1 is 1.41 bits per heavy atom. The smallest absolute Gasteiger partial charge is 0.255 e. The van der Waals surface area contributed by atoms with Crippen molar-refractivity contribution in [1.29, 1.82) is 0 Å². The number of carbonyl (C=O) groups is 1. The zero-order chi connectivity index (χ0) is 12.7. The third kappa shape index (κ3) is 3.45. The third-order valence-electron chi connectivity index (χ3n) is 2.25. The average molecular weight is 231 g/mol. The molecule has 0 aliphatic carbocycles. The van der Waals surface area contributed by atoms with E-state index in [0.717, 1.165) is 5.82 Å². The molecule has 17 heavy (non-hydrogen) atoms. The van der Waals surface area contributed by atoms with E-state index in [0.29, 0.717) is 18.7 Å². The fourth-order valence-electron chi connectivity index (χ4n) is 1.40. The number of hydrogen-bond donors (Lipinski definition) is 1. The van der Waals surface area contributed by atoms with E-state index in [9.17, 15) is 4.79 Å². The summed E-state index contributed by atoms with van der Waals surface area (Å²) in [6.07, 6.45) is 4.95. The first-order chi connectivity index (χ1) is 8.22. The number of amides is 1. The standard InChI is InChI=1S/C13H17N3O/c1-4-8-16(9-5-2)13(17)11-6-7-12(14-3)15-10-11/h4-7,10H,1-2,8-9H2,3H3,(H,14,15). The molecule has 0 atom stereocenters. The minimum atomic E-state index is -0.0695. The second-order valence-corrected chi connectivity index (χ2v) is 3.47. The van der Waals surface area contributed by atoms with Gasteiger partial charge in [-0.05, 0) is 12.1 Å². The van der Waals surface area contributed by atoms with Gasteiger partial charge >= 0.3 is 0 Å². The van der Waals surface area contributed by atoms with Gasteiger partial charge in [0.1, 0.15) is 5.82 Å². The maximum absolute atomic E-state index is 12.1. The van der Waals surface area contributed by atoms with Crippen molar-refractivity contribution in [3.8, 4) is 0 Å². The highest BCUT2D eigenvalue weighted by Gasteiger charge is 2.13. The van der Waals surface area contributed by atoms with Crippen LogP contribution in [0.2, 0.25) is 0 Å². The predicted octanol–water partition coefficient (Wildman–Crippen LogP) is 1.94. The second kappa shape index (κ2) is 6.48. The number of rotatable bonds is 6. The number of carbonyl (C=O) groups excluding carboxylic acids is 1. The van der Waals surface area contributed by atoms with Gasteiger partial charge in [-0.3, -0.25) is 4.79 Å². The van der Waals surface area contributed by atoms with E-state index < -0.39 is 0 Å². The maximum Gasteiger partial charge on any atom is 0.255 e. The van der Waals surface area contributed by atoms with Crippen molar-refractivity contribution in [2.75, 3.05) is 25.5 Å². The number of nitrogens with zero attached hydrogens (tertiary/aromatic N) is 2. The highest BCUT2D eigenvalue weighted by molar-refractivity contribution is 5.94. The fraction of sp³-hybridized carbons (Fsp3) is 0.231. The van der Waals surface area contributed by atoms with Crippen LogP contribution < -0.4 is 5.32 Å². The highest BCUT2D eigenvalue weighted by atomic mass is 16.2. The van der Waals surface area contributed by atoms with E-state index in [-0.39, 0.29) is 5.91 Å². The van der Waals surface area contributed by atoms with Gasteiger partial charge in [-0.25, -0.2) is 4.98 Å². The summed E-state index contributed by atoms with van der Waals surface area (Å²) < 4.78 is 0. The lowest BCUT2D eigenvalue weighted by Gasteiger charge is -2.19. The number of hydrogen-bond acceptors (Lipinski definition) is 3. The molecule has 1 aromatic heterocycles. The van der Waals surface area contributed by atoms with Gasteiger partial charge in [0.05, 0.1) is 5.56 Å². The number of anilines is 1. The molecule has 1 heterocycles. The number of aromatic nitrogens is 1. The molecule has 1 amide bonds. The Bertz CT molecular complexity index is 388. The molecule has 4 nitrogen and oxygen atoms in total. The minimum Gasteiger partial charge on any atom is -0.373 e. The molecule has 0 fully saturated rings. The Kier molecular flexibility index (Phi) is 4.94. The quantitative estimate of drug-likeness (QED) is 0.761. The SMILES string of the molecule is C=CCN(CC=C)C(=O)c1ccc(NC)nc1. The summed E-state index contributed by atoms with van der Waals surface area (Å²) in [6.45, 7) is 8.26. The topological polar surface area (TPSA) is 45.2 Å². The van der Waals surface area contributed by atoms with Crippen LogP contribution in [0.25, 0.3) is 0 Å². The summed E-state index contributed by atoms with van der Waals surface area (Å²) in [6, 6.07) is 3.52. The lowest BCUT2D eigenvalue weighted by molar-refractivity contribution is 0.0790. The second-order valence-electron chi connectivity index (χ2n) is 3.47. The zero-order valence-electron chi connectivity index (χ0n) is 10.0. The van der Waals surface area contributed by atoms with Crippen LogP contribution in [0, 0.1) is 0 Å². The highest BCUT2D eigenvalue weighted by Crippen LogP contribution is 2.07. The van der Waals surface area contributed by atoms with Crippen LogP contribution in [0.4, 0.5) is 5.82 Å². The summed E-state index contributed by atoms with van der Waals surface area (Å²) in [5.74, 6) is 0.667. The van der Waals surface area contributed by atoms with Crippen molar-refractivity contribution in [2.24, 2.45) is 0 Å². The van der Waals surface area contributed by atoms with E-state index in [1.165, 1.54) is 0 Å². The minimum absolute atomic E-state index is 0.0695.